The Morgan fingerprint density at radius 3 is 2.06 bits per heavy atom. The molecule has 1 fully saturated rings. The Kier molecular flexibility index (Phi) is 6.88. The normalized spacial score (nSPS) is 14.6. The van der Waals surface area contributed by atoms with Crippen LogP contribution in [-0.2, 0) is 14.9 Å². The molecule has 31 heavy (non-hydrogen) atoms. The van der Waals surface area contributed by atoms with Crippen LogP contribution in [0.15, 0.2) is 53.4 Å². The van der Waals surface area contributed by atoms with E-state index in [1.54, 1.807) is 9.80 Å². The van der Waals surface area contributed by atoms with Gasteiger partial charge >= 0.3 is 6.03 Å². The predicted molar refractivity (Wildman–Crippen MR) is 111 cm³/mol. The molecule has 1 saturated heterocycles. The molecule has 2 aromatic rings. The molecule has 3 amide bonds. The van der Waals surface area contributed by atoms with Gasteiger partial charge in [0.15, 0.2) is 0 Å². The maximum absolute atomic E-state index is 13.0. The molecule has 0 saturated carbocycles. The highest BCUT2D eigenvalue weighted by Crippen LogP contribution is 2.17. The van der Waals surface area contributed by atoms with Gasteiger partial charge in [-0.15, -0.1) is 0 Å². The van der Waals surface area contributed by atoms with Crippen LogP contribution in [0.25, 0.3) is 0 Å². The Morgan fingerprint density at radius 2 is 1.52 bits per heavy atom. The van der Waals surface area contributed by atoms with Crippen molar-refractivity contribution in [3.05, 3.63) is 59.9 Å². The summed E-state index contributed by atoms with van der Waals surface area (Å²) in [4.78, 5) is 33.0. The van der Waals surface area contributed by atoms with Crippen molar-refractivity contribution in [2.75, 3.05) is 45.7 Å². The van der Waals surface area contributed by atoms with E-state index in [-0.39, 0.29) is 22.7 Å². The van der Waals surface area contributed by atoms with Crippen LogP contribution in [0.2, 0.25) is 0 Å². The highest BCUT2D eigenvalue weighted by Gasteiger charge is 2.26. The average Bonchev–Trinajstić information content (AvgIpc) is 2.79. The van der Waals surface area contributed by atoms with Gasteiger partial charge in [0.1, 0.15) is 5.82 Å². The molecule has 0 aliphatic carbocycles. The molecule has 1 N–H and O–H groups in total. The van der Waals surface area contributed by atoms with Gasteiger partial charge in [0, 0.05) is 44.5 Å². The smallest absolute Gasteiger partial charge is 0.321 e. The number of sulfonamides is 1. The third kappa shape index (κ3) is 5.19. The Bertz CT molecular complexity index is 1040. The molecule has 1 heterocycles. The summed E-state index contributed by atoms with van der Waals surface area (Å²) in [5.74, 6) is -0.635. The van der Waals surface area contributed by atoms with Crippen molar-refractivity contribution in [1.82, 2.24) is 14.3 Å². The van der Waals surface area contributed by atoms with Crippen LogP contribution in [0.3, 0.4) is 0 Å². The second-order valence-electron chi connectivity index (χ2n) is 6.84. The first-order valence-electron chi connectivity index (χ1n) is 9.46. The van der Waals surface area contributed by atoms with Gasteiger partial charge in [-0.3, -0.25) is 9.63 Å². The maximum atomic E-state index is 13.0. The van der Waals surface area contributed by atoms with Crippen molar-refractivity contribution >= 4 is 27.6 Å². The number of nitrogens with zero attached hydrogens (tertiary/aromatic N) is 3. The number of benzene rings is 2. The molecule has 0 radical (unpaired) electrons. The molecule has 11 heteroatoms. The van der Waals surface area contributed by atoms with E-state index in [0.29, 0.717) is 37.4 Å². The molecule has 2 aromatic carbocycles. The number of amides is 3. The zero-order chi connectivity index (χ0) is 22.6. The van der Waals surface area contributed by atoms with Crippen LogP contribution >= 0.6 is 0 Å². The Morgan fingerprint density at radius 1 is 0.968 bits per heavy atom. The fourth-order valence-corrected chi connectivity index (χ4v) is 4.02. The molecule has 0 unspecified atom stereocenters. The number of carbonyl (C=O) groups excluding carboxylic acids is 2. The standard InChI is InChI=1S/C20H23FN4O5S/c1-23(30-2)31(28,29)18-9-3-15(4-10-18)19(26)24-11-13-25(14-12-24)20(27)22-17-7-5-16(21)6-8-17/h3-10H,11-14H2,1-2H3,(H,22,27). The van der Waals surface area contributed by atoms with E-state index in [4.69, 9.17) is 4.84 Å². The topological polar surface area (TPSA) is 99.3 Å². The lowest BCUT2D eigenvalue weighted by atomic mass is 10.2. The number of hydrogen-bond donors (Lipinski definition) is 1. The molecular formula is C20H23FN4O5S. The molecule has 0 bridgehead atoms. The lowest BCUT2D eigenvalue weighted by molar-refractivity contribution is -0.0258. The Balaban J connectivity index is 1.57. The highest BCUT2D eigenvalue weighted by atomic mass is 32.2. The van der Waals surface area contributed by atoms with E-state index in [9.17, 15) is 22.4 Å². The number of rotatable bonds is 5. The number of halogens is 1. The zero-order valence-electron chi connectivity index (χ0n) is 17.1. The van der Waals surface area contributed by atoms with Gasteiger partial charge in [-0.25, -0.2) is 17.6 Å². The number of hydroxylamine groups is 1. The number of hydrogen-bond acceptors (Lipinski definition) is 5. The van der Waals surface area contributed by atoms with Crippen LogP contribution in [-0.4, -0.2) is 75.0 Å². The van der Waals surface area contributed by atoms with Gasteiger partial charge in [0.25, 0.3) is 15.9 Å². The van der Waals surface area contributed by atoms with Crippen molar-refractivity contribution in [2.45, 2.75) is 4.90 Å². The minimum absolute atomic E-state index is 0.00989. The summed E-state index contributed by atoms with van der Waals surface area (Å²) in [5.41, 5.74) is 0.835. The van der Waals surface area contributed by atoms with Crippen molar-refractivity contribution in [3.63, 3.8) is 0 Å². The Labute approximate surface area is 180 Å². The first-order chi connectivity index (χ1) is 14.7. The van der Waals surface area contributed by atoms with E-state index in [1.807, 2.05) is 0 Å². The average molecular weight is 450 g/mol. The summed E-state index contributed by atoms with van der Waals surface area (Å²) >= 11 is 0. The van der Waals surface area contributed by atoms with Gasteiger partial charge in [-0.05, 0) is 48.5 Å². The number of urea groups is 1. The van der Waals surface area contributed by atoms with Crippen molar-refractivity contribution in [1.29, 1.82) is 0 Å². The van der Waals surface area contributed by atoms with Crippen LogP contribution in [0, 0.1) is 5.82 Å². The minimum Gasteiger partial charge on any atom is -0.335 e. The molecule has 166 valence electrons. The summed E-state index contributed by atoms with van der Waals surface area (Å²) in [6, 6.07) is 10.7. The zero-order valence-corrected chi connectivity index (χ0v) is 17.9. The lowest BCUT2D eigenvalue weighted by Gasteiger charge is -2.34. The fraction of sp³-hybridized carbons (Fsp3) is 0.300. The van der Waals surface area contributed by atoms with Crippen LogP contribution < -0.4 is 5.32 Å². The third-order valence-electron chi connectivity index (χ3n) is 4.94. The Hall–Kier alpha value is -3.02. The number of nitrogens with one attached hydrogen (secondary N) is 1. The van der Waals surface area contributed by atoms with E-state index < -0.39 is 10.0 Å². The summed E-state index contributed by atoms with van der Waals surface area (Å²) in [7, 11) is -1.26. The van der Waals surface area contributed by atoms with Crippen molar-refractivity contribution in [2.24, 2.45) is 0 Å². The molecular weight excluding hydrogens is 427 g/mol. The summed E-state index contributed by atoms with van der Waals surface area (Å²) in [6.45, 7) is 1.35. The van der Waals surface area contributed by atoms with Crippen molar-refractivity contribution in [3.8, 4) is 0 Å². The molecule has 0 atom stereocenters. The van der Waals surface area contributed by atoms with E-state index in [1.165, 1.54) is 62.7 Å². The second-order valence-corrected chi connectivity index (χ2v) is 8.77. The molecule has 9 nitrogen and oxygen atoms in total. The number of carbonyl (C=O) groups is 2. The van der Waals surface area contributed by atoms with Crippen LogP contribution in [0.1, 0.15) is 10.4 Å². The van der Waals surface area contributed by atoms with E-state index >= 15 is 0 Å². The highest BCUT2D eigenvalue weighted by molar-refractivity contribution is 7.89. The third-order valence-corrected chi connectivity index (χ3v) is 6.64. The van der Waals surface area contributed by atoms with Gasteiger partial charge in [0.05, 0.1) is 12.0 Å². The van der Waals surface area contributed by atoms with Crippen molar-refractivity contribution < 1.29 is 27.2 Å². The number of anilines is 1. The van der Waals surface area contributed by atoms with Gasteiger partial charge in [-0.2, -0.15) is 0 Å². The summed E-state index contributed by atoms with van der Waals surface area (Å²) in [5, 5.41) is 2.69. The van der Waals surface area contributed by atoms with E-state index in [2.05, 4.69) is 5.32 Å². The first kappa shape index (κ1) is 22.7. The fourth-order valence-electron chi connectivity index (χ4n) is 3.05. The van der Waals surface area contributed by atoms with Crippen LogP contribution in [0.4, 0.5) is 14.9 Å². The van der Waals surface area contributed by atoms with Gasteiger partial charge < -0.3 is 15.1 Å². The molecule has 3 rings (SSSR count). The quantitative estimate of drug-likeness (QED) is 0.703. The van der Waals surface area contributed by atoms with Crippen LogP contribution in [0.5, 0.6) is 0 Å². The van der Waals surface area contributed by atoms with Gasteiger partial charge in [-0.1, -0.05) is 4.47 Å². The summed E-state index contributed by atoms with van der Waals surface area (Å²) in [6.07, 6.45) is 0. The minimum atomic E-state index is -3.79. The molecule has 0 aromatic heterocycles. The molecule has 1 aliphatic rings. The monoisotopic (exact) mass is 450 g/mol. The van der Waals surface area contributed by atoms with E-state index in [0.717, 1.165) is 4.47 Å². The molecule has 1 aliphatic heterocycles. The summed E-state index contributed by atoms with van der Waals surface area (Å²) < 4.78 is 38.2. The predicted octanol–water partition coefficient (Wildman–Crippen LogP) is 2.00. The lowest BCUT2D eigenvalue weighted by Crippen LogP contribution is -2.51. The second kappa shape index (κ2) is 9.41. The first-order valence-corrected chi connectivity index (χ1v) is 10.9. The SMILES string of the molecule is CON(C)S(=O)(=O)c1ccc(C(=O)N2CCN(C(=O)Nc3ccc(F)cc3)CC2)cc1. The van der Waals surface area contributed by atoms with Gasteiger partial charge in [0.2, 0.25) is 0 Å². The largest absolute Gasteiger partial charge is 0.335 e. The molecule has 0 spiro atoms. The number of piperazine rings is 1. The maximum Gasteiger partial charge on any atom is 0.321 e.